The Morgan fingerprint density at radius 3 is 2.17 bits per heavy atom. The van der Waals surface area contributed by atoms with Crippen molar-refractivity contribution in [2.45, 2.75) is 38.1 Å². The fraction of sp³-hybridized carbons (Fsp3) is 0.538. The summed E-state index contributed by atoms with van der Waals surface area (Å²) >= 11 is 0. The van der Waals surface area contributed by atoms with Gasteiger partial charge < -0.3 is 5.32 Å². The Morgan fingerprint density at radius 1 is 1.17 bits per heavy atom. The van der Waals surface area contributed by atoms with Crippen molar-refractivity contribution in [3.8, 4) is 0 Å². The van der Waals surface area contributed by atoms with Gasteiger partial charge in [-0.2, -0.15) is 0 Å². The molecule has 0 aliphatic heterocycles. The van der Waals surface area contributed by atoms with Crippen molar-refractivity contribution < 1.29 is 8.42 Å². The van der Waals surface area contributed by atoms with Crippen LogP contribution in [0, 0.1) is 5.92 Å². The molecular formula is C13H22N2O2S. The highest BCUT2D eigenvalue weighted by Crippen LogP contribution is 2.15. The molecule has 1 unspecified atom stereocenters. The van der Waals surface area contributed by atoms with Crippen LogP contribution in [0.25, 0.3) is 0 Å². The third-order valence-electron chi connectivity index (χ3n) is 2.88. The van der Waals surface area contributed by atoms with Gasteiger partial charge in [0, 0.05) is 6.04 Å². The van der Waals surface area contributed by atoms with Gasteiger partial charge in [0.05, 0.1) is 4.90 Å². The summed E-state index contributed by atoms with van der Waals surface area (Å²) in [6, 6.07) is 6.90. The predicted octanol–water partition coefficient (Wildman–Crippen LogP) is 2.03. The van der Waals surface area contributed by atoms with Gasteiger partial charge in [0.15, 0.2) is 0 Å². The van der Waals surface area contributed by atoms with Crippen LogP contribution in [0.4, 0.5) is 0 Å². The lowest BCUT2D eigenvalue weighted by molar-refractivity contribution is 0.497. The molecule has 0 heterocycles. The van der Waals surface area contributed by atoms with E-state index in [0.717, 1.165) is 18.5 Å². The van der Waals surface area contributed by atoms with Crippen molar-refractivity contribution in [3.05, 3.63) is 29.8 Å². The molecule has 0 saturated heterocycles. The minimum absolute atomic E-state index is 0.153. The Labute approximate surface area is 110 Å². The van der Waals surface area contributed by atoms with Gasteiger partial charge in [0.2, 0.25) is 10.0 Å². The van der Waals surface area contributed by atoms with Crippen molar-refractivity contribution in [1.82, 2.24) is 5.32 Å². The lowest BCUT2D eigenvalue weighted by atomic mass is 10.1. The molecule has 0 bridgehead atoms. The number of benzene rings is 1. The Morgan fingerprint density at radius 2 is 1.72 bits per heavy atom. The van der Waals surface area contributed by atoms with Gasteiger partial charge in [-0.3, -0.25) is 0 Å². The van der Waals surface area contributed by atoms with Crippen LogP contribution in [0.15, 0.2) is 29.2 Å². The SMILES string of the molecule is CC(C)CCNC(C)c1ccc(S(N)(=O)=O)cc1. The van der Waals surface area contributed by atoms with E-state index < -0.39 is 10.0 Å². The molecule has 0 aliphatic carbocycles. The van der Waals surface area contributed by atoms with Crippen molar-refractivity contribution in [2.75, 3.05) is 6.54 Å². The minimum atomic E-state index is -3.59. The monoisotopic (exact) mass is 270 g/mol. The molecule has 3 N–H and O–H groups in total. The lowest BCUT2D eigenvalue weighted by Crippen LogP contribution is -2.21. The standard InChI is InChI=1S/C13H22N2O2S/c1-10(2)8-9-15-11(3)12-4-6-13(7-5-12)18(14,16)17/h4-7,10-11,15H,8-9H2,1-3H3,(H2,14,16,17). The molecule has 0 aromatic heterocycles. The van der Waals surface area contributed by atoms with E-state index in [4.69, 9.17) is 5.14 Å². The van der Waals surface area contributed by atoms with Crippen molar-refractivity contribution in [2.24, 2.45) is 11.1 Å². The van der Waals surface area contributed by atoms with Gasteiger partial charge in [0.25, 0.3) is 0 Å². The molecular weight excluding hydrogens is 248 g/mol. The van der Waals surface area contributed by atoms with Crippen molar-refractivity contribution in [3.63, 3.8) is 0 Å². The Hall–Kier alpha value is -0.910. The van der Waals surface area contributed by atoms with Gasteiger partial charge in [-0.05, 0) is 43.5 Å². The zero-order valence-electron chi connectivity index (χ0n) is 11.2. The van der Waals surface area contributed by atoms with E-state index >= 15 is 0 Å². The van der Waals surface area contributed by atoms with Crippen LogP contribution < -0.4 is 10.5 Å². The van der Waals surface area contributed by atoms with Crippen LogP contribution in [0.5, 0.6) is 0 Å². The van der Waals surface area contributed by atoms with Crippen LogP contribution in [0.1, 0.15) is 38.8 Å². The molecule has 18 heavy (non-hydrogen) atoms. The lowest BCUT2D eigenvalue weighted by Gasteiger charge is -2.15. The minimum Gasteiger partial charge on any atom is -0.310 e. The van der Waals surface area contributed by atoms with E-state index in [9.17, 15) is 8.42 Å². The van der Waals surface area contributed by atoms with Crippen LogP contribution >= 0.6 is 0 Å². The number of sulfonamides is 1. The number of nitrogens with two attached hydrogens (primary N) is 1. The highest BCUT2D eigenvalue weighted by molar-refractivity contribution is 7.89. The number of rotatable bonds is 6. The molecule has 5 heteroatoms. The van der Waals surface area contributed by atoms with Gasteiger partial charge >= 0.3 is 0 Å². The van der Waals surface area contributed by atoms with Gasteiger partial charge in [-0.15, -0.1) is 0 Å². The highest BCUT2D eigenvalue weighted by atomic mass is 32.2. The summed E-state index contributed by atoms with van der Waals surface area (Å²) in [5.74, 6) is 0.675. The summed E-state index contributed by atoms with van der Waals surface area (Å²) in [5, 5.41) is 8.46. The second-order valence-corrected chi connectivity index (χ2v) is 6.53. The second kappa shape index (κ2) is 6.31. The maximum atomic E-state index is 11.1. The van der Waals surface area contributed by atoms with E-state index in [0.29, 0.717) is 5.92 Å². The molecule has 102 valence electrons. The maximum absolute atomic E-state index is 11.1. The topological polar surface area (TPSA) is 72.2 Å². The average Bonchev–Trinajstić information content (AvgIpc) is 2.27. The zero-order chi connectivity index (χ0) is 13.8. The number of hydrogen-bond acceptors (Lipinski definition) is 3. The van der Waals surface area contributed by atoms with Crippen molar-refractivity contribution >= 4 is 10.0 Å². The van der Waals surface area contributed by atoms with E-state index in [-0.39, 0.29) is 10.9 Å². The normalized spacial score (nSPS) is 13.8. The van der Waals surface area contributed by atoms with E-state index in [1.807, 2.05) is 0 Å². The first-order valence-electron chi connectivity index (χ1n) is 6.17. The highest BCUT2D eigenvalue weighted by Gasteiger charge is 2.09. The third-order valence-corrected chi connectivity index (χ3v) is 3.81. The Bertz CT molecular complexity index is 466. The summed E-state index contributed by atoms with van der Waals surface area (Å²) in [6.45, 7) is 7.39. The molecule has 1 aromatic rings. The van der Waals surface area contributed by atoms with Crippen molar-refractivity contribution in [1.29, 1.82) is 0 Å². The molecule has 1 aromatic carbocycles. The van der Waals surface area contributed by atoms with Crippen LogP contribution in [-0.4, -0.2) is 15.0 Å². The smallest absolute Gasteiger partial charge is 0.238 e. The summed E-state index contributed by atoms with van der Waals surface area (Å²) < 4.78 is 22.2. The molecule has 0 saturated carbocycles. The molecule has 0 spiro atoms. The maximum Gasteiger partial charge on any atom is 0.238 e. The fourth-order valence-electron chi connectivity index (χ4n) is 1.65. The first-order valence-corrected chi connectivity index (χ1v) is 7.71. The largest absolute Gasteiger partial charge is 0.310 e. The summed E-state index contributed by atoms with van der Waals surface area (Å²) in [4.78, 5) is 0.153. The molecule has 0 fully saturated rings. The molecule has 1 atom stereocenters. The van der Waals surface area contributed by atoms with E-state index in [2.05, 4.69) is 26.1 Å². The molecule has 4 nitrogen and oxygen atoms in total. The number of hydrogen-bond donors (Lipinski definition) is 2. The molecule has 0 aliphatic rings. The van der Waals surface area contributed by atoms with E-state index in [1.165, 1.54) is 0 Å². The molecule has 0 amide bonds. The first kappa shape index (κ1) is 15.1. The van der Waals surface area contributed by atoms with Gasteiger partial charge in [0.1, 0.15) is 0 Å². The predicted molar refractivity (Wildman–Crippen MR) is 73.7 cm³/mol. The van der Waals surface area contributed by atoms with Crippen LogP contribution in [0.3, 0.4) is 0 Å². The van der Waals surface area contributed by atoms with Crippen LogP contribution in [0.2, 0.25) is 0 Å². The summed E-state index contributed by atoms with van der Waals surface area (Å²) in [6.07, 6.45) is 1.12. The quantitative estimate of drug-likeness (QED) is 0.830. The van der Waals surface area contributed by atoms with Crippen LogP contribution in [-0.2, 0) is 10.0 Å². The van der Waals surface area contributed by atoms with Gasteiger partial charge in [-0.1, -0.05) is 26.0 Å². The fourth-order valence-corrected chi connectivity index (χ4v) is 2.17. The molecule has 1 rings (SSSR count). The van der Waals surface area contributed by atoms with E-state index in [1.54, 1.807) is 24.3 Å². The number of nitrogens with one attached hydrogen (secondary N) is 1. The Balaban J connectivity index is 2.62. The summed E-state index contributed by atoms with van der Waals surface area (Å²) in [5.41, 5.74) is 1.06. The zero-order valence-corrected chi connectivity index (χ0v) is 12.0. The third kappa shape index (κ3) is 4.76. The second-order valence-electron chi connectivity index (χ2n) is 4.97. The summed E-state index contributed by atoms with van der Waals surface area (Å²) in [7, 11) is -3.59. The number of primary sulfonamides is 1. The molecule has 0 radical (unpaired) electrons. The Kier molecular flexibility index (Phi) is 5.31. The van der Waals surface area contributed by atoms with Gasteiger partial charge in [-0.25, -0.2) is 13.6 Å². The average molecular weight is 270 g/mol. The first-order chi connectivity index (χ1) is 8.30.